The van der Waals surface area contributed by atoms with E-state index in [1.165, 1.54) is 48.7 Å². The molecule has 3 amide bonds. The summed E-state index contributed by atoms with van der Waals surface area (Å²) in [7, 11) is 0. The van der Waals surface area contributed by atoms with Crippen molar-refractivity contribution in [1.29, 1.82) is 5.26 Å². The maximum atomic E-state index is 14.6. The lowest BCUT2D eigenvalue weighted by atomic mass is 9.87. The Bertz CT molecular complexity index is 1630. The Balaban J connectivity index is 1.63. The Morgan fingerprint density at radius 1 is 1.14 bits per heavy atom. The number of anilines is 2. The van der Waals surface area contributed by atoms with E-state index >= 15 is 0 Å². The number of benzene rings is 2. The van der Waals surface area contributed by atoms with Gasteiger partial charge in [0.05, 0.1) is 11.6 Å². The number of aromatic nitrogens is 1. The quantitative estimate of drug-likeness (QED) is 0.317. The molecule has 0 spiro atoms. The molecule has 1 saturated carbocycles. The van der Waals surface area contributed by atoms with Crippen molar-refractivity contribution in [1.82, 2.24) is 10.3 Å². The number of pyridine rings is 1. The number of alkyl halides is 4. The molecule has 1 saturated heterocycles. The molecule has 228 valence electrons. The highest BCUT2D eigenvalue weighted by atomic mass is 35.5. The summed E-state index contributed by atoms with van der Waals surface area (Å²) in [5, 5.41) is 12.0. The zero-order valence-electron chi connectivity index (χ0n) is 22.8. The monoisotopic (exact) mass is 629 g/mol. The molecule has 2 aromatic carbocycles. The van der Waals surface area contributed by atoms with Crippen LogP contribution >= 0.6 is 11.6 Å². The van der Waals surface area contributed by atoms with Crippen molar-refractivity contribution in [2.75, 3.05) is 9.80 Å². The number of hydrogen-bond acceptors (Lipinski definition) is 6. The van der Waals surface area contributed by atoms with Gasteiger partial charge in [0, 0.05) is 53.8 Å². The highest BCUT2D eigenvalue weighted by Gasteiger charge is 2.48. The van der Waals surface area contributed by atoms with E-state index in [9.17, 15) is 37.2 Å². The second-order valence-electron chi connectivity index (χ2n) is 10.3. The Labute approximate surface area is 254 Å². The third-order valence-corrected chi connectivity index (χ3v) is 7.66. The van der Waals surface area contributed by atoms with E-state index in [0.29, 0.717) is 0 Å². The number of carbonyl (C=O) groups is 3. The molecule has 1 aromatic heterocycles. The molecule has 44 heavy (non-hydrogen) atoms. The summed E-state index contributed by atoms with van der Waals surface area (Å²) in [6, 6.07) is 12.1. The minimum atomic E-state index is -3.20. The van der Waals surface area contributed by atoms with E-state index in [1.807, 2.05) is 6.07 Å². The van der Waals surface area contributed by atoms with Crippen molar-refractivity contribution in [3.05, 3.63) is 83.0 Å². The largest absolute Gasteiger partial charge is 0.435 e. The molecule has 1 aliphatic carbocycles. The molecule has 9 nitrogen and oxygen atoms in total. The van der Waals surface area contributed by atoms with Crippen LogP contribution in [0, 0.1) is 11.3 Å². The number of carbonyl (C=O) groups excluding carboxylic acids is 3. The highest BCUT2D eigenvalue weighted by molar-refractivity contribution is 6.31. The molecule has 1 unspecified atom stereocenters. The van der Waals surface area contributed by atoms with Gasteiger partial charge in [0.1, 0.15) is 23.7 Å². The summed E-state index contributed by atoms with van der Waals surface area (Å²) in [4.78, 5) is 47.8. The molecule has 0 bridgehead atoms. The minimum Gasteiger partial charge on any atom is -0.435 e. The average molecular weight is 630 g/mol. The maximum Gasteiger partial charge on any atom is 0.387 e. The molecule has 2 fully saturated rings. The summed E-state index contributed by atoms with van der Waals surface area (Å²) in [5.74, 6) is -5.40. The standard InChI is InChI=1S/C30H24ClF4N5O4/c31-22-7-2-1-6-21(22)26(27(42)38-18-14-30(34,35)15-18)39(19-4-3-5-20(13-19)44-29(32)33)28(43)23-8-9-25(41)40(23)24-12-17(16-36)10-11-37-24/h1-7,10-13,18,23,26,29H,8-9,14-15H2,(H,38,42)/t23?,26-/m0/s1. The van der Waals surface area contributed by atoms with Crippen LogP contribution in [-0.4, -0.2) is 47.3 Å². The predicted molar refractivity (Wildman–Crippen MR) is 150 cm³/mol. The molecule has 1 aliphatic heterocycles. The zero-order chi connectivity index (χ0) is 31.6. The minimum absolute atomic E-state index is 0.00837. The first kappa shape index (κ1) is 30.7. The predicted octanol–water partition coefficient (Wildman–Crippen LogP) is 5.39. The average Bonchev–Trinajstić information content (AvgIpc) is 3.36. The summed E-state index contributed by atoms with van der Waals surface area (Å²) >= 11 is 6.50. The van der Waals surface area contributed by atoms with Gasteiger partial charge in [-0.1, -0.05) is 35.9 Å². The van der Waals surface area contributed by atoms with Crippen LogP contribution in [-0.2, 0) is 14.4 Å². The van der Waals surface area contributed by atoms with Crippen molar-refractivity contribution in [3.63, 3.8) is 0 Å². The van der Waals surface area contributed by atoms with Crippen molar-refractivity contribution in [2.24, 2.45) is 0 Å². The molecule has 5 rings (SSSR count). The number of halogens is 5. The SMILES string of the molecule is N#Cc1ccnc(N2C(=O)CCC2C(=O)N(c2cccc(OC(F)F)c2)[C@H](C(=O)NC2CC(F)(F)C2)c2ccccc2Cl)c1. The lowest BCUT2D eigenvalue weighted by molar-refractivity contribution is -0.133. The Kier molecular flexibility index (Phi) is 8.73. The third kappa shape index (κ3) is 6.45. The first-order chi connectivity index (χ1) is 21.0. The van der Waals surface area contributed by atoms with Gasteiger partial charge < -0.3 is 10.1 Å². The Hall–Kier alpha value is -4.70. The molecular formula is C30H24ClF4N5O4. The van der Waals surface area contributed by atoms with Crippen molar-refractivity contribution in [2.45, 2.75) is 56.3 Å². The van der Waals surface area contributed by atoms with Crippen LogP contribution in [0.3, 0.4) is 0 Å². The fourth-order valence-corrected chi connectivity index (χ4v) is 5.58. The highest BCUT2D eigenvalue weighted by Crippen LogP contribution is 2.40. The van der Waals surface area contributed by atoms with Crippen LogP contribution < -0.4 is 19.9 Å². The number of hydrogen-bond donors (Lipinski definition) is 1. The van der Waals surface area contributed by atoms with E-state index < -0.39 is 61.2 Å². The first-order valence-corrected chi connectivity index (χ1v) is 13.8. The maximum absolute atomic E-state index is 14.6. The van der Waals surface area contributed by atoms with Crippen molar-refractivity contribution in [3.8, 4) is 11.8 Å². The van der Waals surface area contributed by atoms with Gasteiger partial charge in [0.2, 0.25) is 11.8 Å². The normalized spacial score (nSPS) is 18.3. The summed E-state index contributed by atoms with van der Waals surface area (Å²) in [6.07, 6.45) is 0.0120. The van der Waals surface area contributed by atoms with E-state index in [2.05, 4.69) is 15.0 Å². The van der Waals surface area contributed by atoms with Crippen LogP contribution in [0.15, 0.2) is 66.9 Å². The molecule has 0 radical (unpaired) electrons. The summed E-state index contributed by atoms with van der Waals surface area (Å²) in [5.41, 5.74) is 0.233. The first-order valence-electron chi connectivity index (χ1n) is 13.5. The molecular weight excluding hydrogens is 606 g/mol. The van der Waals surface area contributed by atoms with E-state index in [-0.39, 0.29) is 46.2 Å². The lowest BCUT2D eigenvalue weighted by Gasteiger charge is -2.39. The second kappa shape index (κ2) is 12.5. The molecule has 2 atom stereocenters. The number of amides is 3. The molecule has 2 aliphatic rings. The molecule has 3 aromatic rings. The van der Waals surface area contributed by atoms with Gasteiger partial charge in [0.15, 0.2) is 0 Å². The summed E-state index contributed by atoms with van der Waals surface area (Å²) < 4.78 is 58.1. The smallest absolute Gasteiger partial charge is 0.387 e. The lowest BCUT2D eigenvalue weighted by Crippen LogP contribution is -2.56. The van der Waals surface area contributed by atoms with Gasteiger partial charge in [0.25, 0.3) is 11.8 Å². The van der Waals surface area contributed by atoms with Gasteiger partial charge in [-0.2, -0.15) is 14.0 Å². The van der Waals surface area contributed by atoms with Crippen LogP contribution in [0.2, 0.25) is 5.02 Å². The second-order valence-corrected chi connectivity index (χ2v) is 10.7. The molecule has 2 heterocycles. The van der Waals surface area contributed by atoms with E-state index in [4.69, 9.17) is 11.6 Å². The van der Waals surface area contributed by atoms with Crippen LogP contribution in [0.5, 0.6) is 5.75 Å². The molecule has 1 N–H and O–H groups in total. The van der Waals surface area contributed by atoms with E-state index in [1.54, 1.807) is 12.1 Å². The topological polar surface area (TPSA) is 116 Å². The van der Waals surface area contributed by atoms with Crippen LogP contribution in [0.1, 0.15) is 42.9 Å². The van der Waals surface area contributed by atoms with Crippen molar-refractivity contribution < 1.29 is 36.7 Å². The number of nitriles is 1. The van der Waals surface area contributed by atoms with Gasteiger partial charge in [-0.15, -0.1) is 0 Å². The van der Waals surface area contributed by atoms with Gasteiger partial charge in [-0.25, -0.2) is 13.8 Å². The number of rotatable bonds is 9. The van der Waals surface area contributed by atoms with E-state index in [0.717, 1.165) is 15.9 Å². The fourth-order valence-electron chi connectivity index (χ4n) is 5.34. The van der Waals surface area contributed by atoms with Crippen LogP contribution in [0.4, 0.5) is 29.1 Å². The van der Waals surface area contributed by atoms with Gasteiger partial charge >= 0.3 is 6.61 Å². The number of nitrogens with one attached hydrogen (secondary N) is 1. The number of ether oxygens (including phenoxy) is 1. The summed E-state index contributed by atoms with van der Waals surface area (Å²) in [6.45, 7) is -3.20. The van der Waals surface area contributed by atoms with Gasteiger partial charge in [-0.05, 0) is 36.8 Å². The Morgan fingerprint density at radius 2 is 1.89 bits per heavy atom. The van der Waals surface area contributed by atoms with Crippen LogP contribution in [0.25, 0.3) is 0 Å². The fraction of sp³-hybridized carbons (Fsp3) is 0.300. The Morgan fingerprint density at radius 3 is 2.57 bits per heavy atom. The zero-order valence-corrected chi connectivity index (χ0v) is 23.6. The van der Waals surface area contributed by atoms with Crippen molar-refractivity contribution >= 4 is 40.8 Å². The van der Waals surface area contributed by atoms with Gasteiger partial charge in [-0.3, -0.25) is 24.2 Å². The third-order valence-electron chi connectivity index (χ3n) is 7.32. The molecule has 14 heteroatoms. The number of nitrogens with zero attached hydrogens (tertiary/aromatic N) is 4.